The SMILES string of the molecule is COC(=O)C1CC(=C(c2ccccc2)c2ccccc2)CC1c1ccccc1. The predicted octanol–water partition coefficient (Wildman–Crippen LogP) is 5.86. The van der Waals surface area contributed by atoms with Crippen LogP contribution in [0.4, 0.5) is 0 Å². The van der Waals surface area contributed by atoms with Gasteiger partial charge >= 0.3 is 5.97 Å². The van der Waals surface area contributed by atoms with Crippen molar-refractivity contribution in [1.82, 2.24) is 0 Å². The summed E-state index contributed by atoms with van der Waals surface area (Å²) < 4.78 is 5.16. The molecule has 140 valence electrons. The van der Waals surface area contributed by atoms with Crippen LogP contribution in [0.3, 0.4) is 0 Å². The highest BCUT2D eigenvalue weighted by Crippen LogP contribution is 2.47. The van der Waals surface area contributed by atoms with E-state index in [-0.39, 0.29) is 17.8 Å². The van der Waals surface area contributed by atoms with Crippen LogP contribution in [-0.4, -0.2) is 13.1 Å². The van der Waals surface area contributed by atoms with Gasteiger partial charge in [0.1, 0.15) is 0 Å². The van der Waals surface area contributed by atoms with Crippen LogP contribution in [-0.2, 0) is 9.53 Å². The van der Waals surface area contributed by atoms with E-state index in [1.807, 2.05) is 30.3 Å². The van der Waals surface area contributed by atoms with Crippen molar-refractivity contribution in [2.24, 2.45) is 5.92 Å². The van der Waals surface area contributed by atoms with E-state index in [0.29, 0.717) is 0 Å². The zero-order chi connectivity index (χ0) is 19.3. The molecule has 2 atom stereocenters. The van der Waals surface area contributed by atoms with Crippen molar-refractivity contribution in [2.75, 3.05) is 7.11 Å². The van der Waals surface area contributed by atoms with Gasteiger partial charge in [-0.05, 0) is 35.1 Å². The summed E-state index contributed by atoms with van der Waals surface area (Å²) in [7, 11) is 1.49. The molecule has 2 heteroatoms. The summed E-state index contributed by atoms with van der Waals surface area (Å²) >= 11 is 0. The monoisotopic (exact) mass is 368 g/mol. The minimum Gasteiger partial charge on any atom is -0.469 e. The second-order valence-electron chi connectivity index (χ2n) is 7.27. The first kappa shape index (κ1) is 18.2. The first-order valence-electron chi connectivity index (χ1n) is 9.73. The number of ether oxygens (including phenoxy) is 1. The van der Waals surface area contributed by atoms with Gasteiger partial charge in [0.2, 0.25) is 0 Å². The lowest BCUT2D eigenvalue weighted by Crippen LogP contribution is -2.18. The number of methoxy groups -OCH3 is 1. The van der Waals surface area contributed by atoms with Gasteiger partial charge in [0, 0.05) is 5.92 Å². The maximum atomic E-state index is 12.6. The second kappa shape index (κ2) is 8.26. The van der Waals surface area contributed by atoms with E-state index in [2.05, 4.69) is 60.7 Å². The Morgan fingerprint density at radius 3 is 1.75 bits per heavy atom. The Balaban J connectivity index is 1.84. The molecule has 3 aromatic carbocycles. The third-order valence-corrected chi connectivity index (χ3v) is 5.63. The maximum Gasteiger partial charge on any atom is 0.309 e. The maximum absolute atomic E-state index is 12.6. The molecule has 0 amide bonds. The molecule has 1 fully saturated rings. The van der Waals surface area contributed by atoms with Crippen LogP contribution in [0.2, 0.25) is 0 Å². The van der Waals surface area contributed by atoms with E-state index >= 15 is 0 Å². The number of carbonyl (C=O) groups excluding carboxylic acids is 1. The number of hydrogen-bond acceptors (Lipinski definition) is 2. The Kier molecular flexibility index (Phi) is 5.38. The number of esters is 1. The van der Waals surface area contributed by atoms with Gasteiger partial charge in [-0.25, -0.2) is 0 Å². The van der Waals surface area contributed by atoms with E-state index in [4.69, 9.17) is 4.74 Å². The zero-order valence-electron chi connectivity index (χ0n) is 16.0. The molecule has 0 aromatic heterocycles. The molecule has 0 aliphatic heterocycles. The van der Waals surface area contributed by atoms with E-state index in [9.17, 15) is 4.79 Å². The van der Waals surface area contributed by atoms with Gasteiger partial charge in [-0.1, -0.05) is 96.6 Å². The molecule has 1 aliphatic carbocycles. The van der Waals surface area contributed by atoms with Gasteiger partial charge < -0.3 is 4.74 Å². The molecule has 1 saturated carbocycles. The lowest BCUT2D eigenvalue weighted by molar-refractivity contribution is -0.145. The Hall–Kier alpha value is -3.13. The molecule has 4 rings (SSSR count). The molecule has 28 heavy (non-hydrogen) atoms. The van der Waals surface area contributed by atoms with Gasteiger partial charge in [0.25, 0.3) is 0 Å². The predicted molar refractivity (Wildman–Crippen MR) is 113 cm³/mol. The van der Waals surface area contributed by atoms with Crippen LogP contribution in [0.1, 0.15) is 35.4 Å². The van der Waals surface area contributed by atoms with Crippen LogP contribution in [0.5, 0.6) is 0 Å². The normalized spacial score (nSPS) is 18.7. The van der Waals surface area contributed by atoms with E-state index in [1.54, 1.807) is 0 Å². The highest BCUT2D eigenvalue weighted by molar-refractivity contribution is 5.84. The molecule has 2 unspecified atom stereocenters. The summed E-state index contributed by atoms with van der Waals surface area (Å²) in [5.41, 5.74) is 6.16. The summed E-state index contributed by atoms with van der Waals surface area (Å²) in [6.07, 6.45) is 1.59. The number of rotatable bonds is 4. The minimum absolute atomic E-state index is 0.121. The van der Waals surface area contributed by atoms with Crippen LogP contribution in [0.15, 0.2) is 96.6 Å². The van der Waals surface area contributed by atoms with E-state index < -0.39 is 0 Å². The first-order valence-corrected chi connectivity index (χ1v) is 9.73. The van der Waals surface area contributed by atoms with Crippen molar-refractivity contribution in [3.05, 3.63) is 113 Å². The molecule has 0 saturated heterocycles. The Morgan fingerprint density at radius 2 is 1.25 bits per heavy atom. The second-order valence-corrected chi connectivity index (χ2v) is 7.27. The Morgan fingerprint density at radius 1 is 0.750 bits per heavy atom. The van der Waals surface area contributed by atoms with E-state index in [1.165, 1.54) is 34.9 Å². The van der Waals surface area contributed by atoms with Gasteiger partial charge in [-0.3, -0.25) is 4.79 Å². The lowest BCUT2D eigenvalue weighted by atomic mass is 9.89. The van der Waals surface area contributed by atoms with Crippen molar-refractivity contribution < 1.29 is 9.53 Å². The average molecular weight is 368 g/mol. The van der Waals surface area contributed by atoms with Gasteiger partial charge in [0.05, 0.1) is 13.0 Å². The third kappa shape index (κ3) is 3.63. The van der Waals surface area contributed by atoms with Crippen LogP contribution < -0.4 is 0 Å². The van der Waals surface area contributed by atoms with Gasteiger partial charge in [-0.15, -0.1) is 0 Å². The molecule has 2 nitrogen and oxygen atoms in total. The summed E-state index contributed by atoms with van der Waals surface area (Å²) in [6, 6.07) is 31.3. The van der Waals surface area contributed by atoms with Crippen molar-refractivity contribution in [3.63, 3.8) is 0 Å². The van der Waals surface area contributed by atoms with Crippen molar-refractivity contribution in [1.29, 1.82) is 0 Å². The molecular formula is C26H24O2. The molecule has 0 spiro atoms. The van der Waals surface area contributed by atoms with Crippen molar-refractivity contribution in [2.45, 2.75) is 18.8 Å². The number of benzene rings is 3. The fraction of sp³-hybridized carbons (Fsp3) is 0.192. The number of hydrogen-bond donors (Lipinski definition) is 0. The van der Waals surface area contributed by atoms with E-state index in [0.717, 1.165) is 12.8 Å². The molecule has 0 radical (unpaired) electrons. The number of carbonyl (C=O) groups is 1. The quantitative estimate of drug-likeness (QED) is 0.540. The summed E-state index contributed by atoms with van der Waals surface area (Å²) in [5.74, 6) is -0.125. The summed E-state index contributed by atoms with van der Waals surface area (Å²) in [4.78, 5) is 12.6. The minimum atomic E-state index is -0.148. The molecule has 0 N–H and O–H groups in total. The Labute approximate surface area is 166 Å². The van der Waals surface area contributed by atoms with Gasteiger partial charge in [-0.2, -0.15) is 0 Å². The van der Waals surface area contributed by atoms with Gasteiger partial charge in [0.15, 0.2) is 0 Å². The molecule has 0 bridgehead atoms. The molecular weight excluding hydrogens is 344 g/mol. The fourth-order valence-corrected chi connectivity index (χ4v) is 4.34. The zero-order valence-corrected chi connectivity index (χ0v) is 16.0. The topological polar surface area (TPSA) is 26.3 Å². The van der Waals surface area contributed by atoms with Crippen LogP contribution in [0, 0.1) is 5.92 Å². The first-order chi connectivity index (χ1) is 13.8. The van der Waals surface area contributed by atoms with Crippen LogP contribution in [0.25, 0.3) is 5.57 Å². The van der Waals surface area contributed by atoms with Crippen molar-refractivity contribution in [3.8, 4) is 0 Å². The highest BCUT2D eigenvalue weighted by Gasteiger charge is 2.38. The van der Waals surface area contributed by atoms with Crippen molar-refractivity contribution >= 4 is 11.5 Å². The lowest BCUT2D eigenvalue weighted by Gasteiger charge is -2.17. The summed E-state index contributed by atoms with van der Waals surface area (Å²) in [6.45, 7) is 0. The average Bonchev–Trinajstić information content (AvgIpc) is 3.20. The molecule has 1 aliphatic rings. The van der Waals surface area contributed by atoms with Crippen LogP contribution >= 0.6 is 0 Å². The third-order valence-electron chi connectivity index (χ3n) is 5.63. The summed E-state index contributed by atoms with van der Waals surface area (Å²) in [5, 5.41) is 0. The molecule has 3 aromatic rings. The Bertz CT molecular complexity index is 918. The number of allylic oxidation sites excluding steroid dienone is 1. The smallest absolute Gasteiger partial charge is 0.309 e. The highest BCUT2D eigenvalue weighted by atomic mass is 16.5. The fourth-order valence-electron chi connectivity index (χ4n) is 4.34. The molecule has 0 heterocycles. The largest absolute Gasteiger partial charge is 0.469 e. The standard InChI is InChI=1S/C26H24O2/c1-28-26(27)24-18-22(17-23(24)19-11-5-2-6-12-19)25(20-13-7-3-8-14-20)21-15-9-4-10-16-21/h2-16,23-24H,17-18H2,1H3.